The molecule has 1 aromatic heterocycles. The van der Waals surface area contributed by atoms with Crippen LogP contribution in [-0.4, -0.2) is 34.4 Å². The van der Waals surface area contributed by atoms with Gasteiger partial charge in [0.1, 0.15) is 17.2 Å². The van der Waals surface area contributed by atoms with E-state index in [0.717, 1.165) is 11.4 Å². The number of esters is 1. The van der Waals surface area contributed by atoms with Crippen molar-refractivity contribution in [2.24, 2.45) is 7.05 Å². The molecule has 1 atom stereocenters. The van der Waals surface area contributed by atoms with Gasteiger partial charge >= 0.3 is 5.97 Å². The Morgan fingerprint density at radius 1 is 1.00 bits per heavy atom. The van der Waals surface area contributed by atoms with Crippen LogP contribution < -0.4 is 14.8 Å². The van der Waals surface area contributed by atoms with Crippen molar-refractivity contribution < 1.29 is 23.8 Å². The van der Waals surface area contributed by atoms with Gasteiger partial charge in [-0.1, -0.05) is 18.2 Å². The third kappa shape index (κ3) is 5.85. The van der Waals surface area contributed by atoms with Crippen molar-refractivity contribution in [1.82, 2.24) is 9.78 Å². The number of hydrogen-bond acceptors (Lipinski definition) is 6. The van der Waals surface area contributed by atoms with E-state index in [1.807, 2.05) is 37.3 Å². The largest absolute Gasteiger partial charge is 0.482 e. The second-order valence-corrected chi connectivity index (χ2v) is 6.97. The maximum absolute atomic E-state index is 12.3. The monoisotopic (exact) mass is 423 g/mol. The number of para-hydroxylation sites is 1. The molecule has 0 aliphatic carbocycles. The molecule has 162 valence electrons. The van der Waals surface area contributed by atoms with Crippen molar-refractivity contribution >= 4 is 17.6 Å². The summed E-state index contributed by atoms with van der Waals surface area (Å²) in [6.45, 7) is 4.82. The van der Waals surface area contributed by atoms with Gasteiger partial charge in [-0.2, -0.15) is 5.10 Å². The molecular formula is C23H25N3O5. The van der Waals surface area contributed by atoms with Gasteiger partial charge in [0.15, 0.2) is 12.7 Å². The smallest absolute Gasteiger partial charge is 0.344 e. The van der Waals surface area contributed by atoms with Gasteiger partial charge in [0.25, 0.3) is 5.91 Å². The van der Waals surface area contributed by atoms with Crippen molar-refractivity contribution in [3.8, 4) is 17.2 Å². The van der Waals surface area contributed by atoms with E-state index in [1.165, 1.54) is 6.92 Å². The Morgan fingerprint density at radius 3 is 2.23 bits per heavy atom. The van der Waals surface area contributed by atoms with Gasteiger partial charge in [-0.3, -0.25) is 9.48 Å². The number of benzene rings is 2. The summed E-state index contributed by atoms with van der Waals surface area (Å²) in [5, 5.41) is 6.99. The Labute approximate surface area is 180 Å². The summed E-state index contributed by atoms with van der Waals surface area (Å²) in [6.07, 6.45) is -0.975. The van der Waals surface area contributed by atoms with E-state index in [4.69, 9.17) is 14.2 Å². The third-order valence-electron chi connectivity index (χ3n) is 4.59. The first-order valence-electron chi connectivity index (χ1n) is 9.80. The van der Waals surface area contributed by atoms with Crippen LogP contribution in [0.3, 0.4) is 0 Å². The lowest BCUT2D eigenvalue weighted by Crippen LogP contribution is -2.32. The highest BCUT2D eigenvalue weighted by Gasteiger charge is 2.21. The molecule has 8 nitrogen and oxygen atoms in total. The number of carbonyl (C=O) groups excluding carboxylic acids is 2. The lowest BCUT2D eigenvalue weighted by molar-refractivity contribution is -0.155. The lowest BCUT2D eigenvalue weighted by Gasteiger charge is -2.14. The number of ether oxygens (including phenoxy) is 3. The first-order chi connectivity index (χ1) is 14.8. The summed E-state index contributed by atoms with van der Waals surface area (Å²) < 4.78 is 18.0. The highest BCUT2D eigenvalue weighted by Crippen LogP contribution is 2.23. The summed E-state index contributed by atoms with van der Waals surface area (Å²) >= 11 is 0. The van der Waals surface area contributed by atoms with Crippen LogP contribution >= 0.6 is 0 Å². The number of nitrogens with one attached hydrogen (secondary N) is 1. The molecule has 1 amide bonds. The van der Waals surface area contributed by atoms with Crippen molar-refractivity contribution in [2.75, 3.05) is 11.9 Å². The van der Waals surface area contributed by atoms with Crippen molar-refractivity contribution in [1.29, 1.82) is 0 Å². The quantitative estimate of drug-likeness (QED) is 0.555. The fraction of sp³-hybridized carbons (Fsp3) is 0.261. The van der Waals surface area contributed by atoms with E-state index < -0.39 is 18.0 Å². The van der Waals surface area contributed by atoms with E-state index in [2.05, 4.69) is 10.4 Å². The highest BCUT2D eigenvalue weighted by molar-refractivity contribution is 5.96. The molecule has 1 unspecified atom stereocenters. The van der Waals surface area contributed by atoms with Crippen LogP contribution in [0.1, 0.15) is 18.3 Å². The average molecular weight is 423 g/mol. The minimum Gasteiger partial charge on any atom is -0.482 e. The molecule has 0 radical (unpaired) electrons. The SMILES string of the molecule is Cc1nn(C)c(C)c1NC(=O)C(C)OC(=O)COc1ccc(Oc2ccccc2)cc1. The molecule has 0 aliphatic rings. The molecule has 0 saturated carbocycles. The molecular weight excluding hydrogens is 398 g/mol. The number of aromatic nitrogens is 2. The molecule has 0 fully saturated rings. The molecule has 0 saturated heterocycles. The number of nitrogens with zero attached hydrogens (tertiary/aromatic N) is 2. The van der Waals surface area contributed by atoms with E-state index in [1.54, 1.807) is 42.9 Å². The number of aryl methyl sites for hydroxylation is 2. The zero-order valence-electron chi connectivity index (χ0n) is 17.9. The van der Waals surface area contributed by atoms with Crippen LogP contribution in [0, 0.1) is 13.8 Å². The molecule has 8 heteroatoms. The Balaban J connectivity index is 1.46. The molecule has 1 N–H and O–H groups in total. The van der Waals surface area contributed by atoms with Gasteiger partial charge in [-0.05, 0) is 57.2 Å². The fourth-order valence-electron chi connectivity index (χ4n) is 2.83. The zero-order valence-corrected chi connectivity index (χ0v) is 17.9. The predicted molar refractivity (Wildman–Crippen MR) is 115 cm³/mol. The minimum absolute atomic E-state index is 0.318. The number of hydrogen-bond donors (Lipinski definition) is 1. The Hall–Kier alpha value is -3.81. The lowest BCUT2D eigenvalue weighted by atomic mass is 10.3. The van der Waals surface area contributed by atoms with Crippen LogP contribution in [-0.2, 0) is 21.4 Å². The normalized spacial score (nSPS) is 11.5. The molecule has 0 spiro atoms. The minimum atomic E-state index is -0.975. The number of amides is 1. The highest BCUT2D eigenvalue weighted by atomic mass is 16.6. The topological polar surface area (TPSA) is 91.7 Å². The Morgan fingerprint density at radius 2 is 1.61 bits per heavy atom. The maximum Gasteiger partial charge on any atom is 0.344 e. The van der Waals surface area contributed by atoms with E-state index >= 15 is 0 Å². The molecule has 0 aliphatic heterocycles. The van der Waals surface area contributed by atoms with Crippen LogP contribution in [0.15, 0.2) is 54.6 Å². The van der Waals surface area contributed by atoms with Gasteiger partial charge in [0, 0.05) is 7.05 Å². The van der Waals surface area contributed by atoms with Gasteiger partial charge in [0.05, 0.1) is 17.1 Å². The van der Waals surface area contributed by atoms with Gasteiger partial charge in [-0.15, -0.1) is 0 Å². The number of anilines is 1. The number of carbonyl (C=O) groups is 2. The van der Waals surface area contributed by atoms with Crippen LogP contribution in [0.25, 0.3) is 0 Å². The standard InChI is InChI=1S/C23H25N3O5/c1-15-22(16(2)26(4)25-15)24-23(28)17(3)30-21(27)14-29-18-10-12-20(13-11-18)31-19-8-6-5-7-9-19/h5-13,17H,14H2,1-4H3,(H,24,28). The predicted octanol–water partition coefficient (Wildman–Crippen LogP) is 3.78. The van der Waals surface area contributed by atoms with Crippen molar-refractivity contribution in [3.63, 3.8) is 0 Å². The van der Waals surface area contributed by atoms with Gasteiger partial charge < -0.3 is 19.5 Å². The third-order valence-corrected chi connectivity index (χ3v) is 4.59. The zero-order chi connectivity index (χ0) is 22.4. The van der Waals surface area contributed by atoms with Gasteiger partial charge in [-0.25, -0.2) is 4.79 Å². The average Bonchev–Trinajstić information content (AvgIpc) is 3.00. The molecule has 3 aromatic rings. The van der Waals surface area contributed by atoms with Crippen molar-refractivity contribution in [2.45, 2.75) is 26.9 Å². The molecule has 1 heterocycles. The second kappa shape index (κ2) is 9.80. The summed E-state index contributed by atoms with van der Waals surface area (Å²) in [5.41, 5.74) is 2.12. The first kappa shape index (κ1) is 21.9. The summed E-state index contributed by atoms with van der Waals surface area (Å²) in [4.78, 5) is 24.4. The summed E-state index contributed by atoms with van der Waals surface area (Å²) in [7, 11) is 1.79. The first-order valence-corrected chi connectivity index (χ1v) is 9.80. The summed E-state index contributed by atoms with van der Waals surface area (Å²) in [5.74, 6) is 0.772. The fourth-order valence-corrected chi connectivity index (χ4v) is 2.83. The van der Waals surface area contributed by atoms with Crippen LogP contribution in [0.4, 0.5) is 5.69 Å². The Kier molecular flexibility index (Phi) is 6.92. The maximum atomic E-state index is 12.3. The van der Waals surface area contributed by atoms with Gasteiger partial charge in [0.2, 0.25) is 0 Å². The van der Waals surface area contributed by atoms with E-state index in [0.29, 0.717) is 22.9 Å². The molecule has 3 rings (SSSR count). The van der Waals surface area contributed by atoms with Crippen LogP contribution in [0.5, 0.6) is 17.2 Å². The van der Waals surface area contributed by atoms with Crippen LogP contribution in [0.2, 0.25) is 0 Å². The molecule has 2 aromatic carbocycles. The number of rotatable bonds is 8. The second-order valence-electron chi connectivity index (χ2n) is 6.97. The summed E-state index contributed by atoms with van der Waals surface area (Å²) in [6, 6.07) is 16.3. The Bertz CT molecular complexity index is 1050. The molecule has 0 bridgehead atoms. The molecule has 31 heavy (non-hydrogen) atoms. The van der Waals surface area contributed by atoms with E-state index in [9.17, 15) is 9.59 Å². The van der Waals surface area contributed by atoms with Crippen molar-refractivity contribution in [3.05, 3.63) is 66.0 Å². The van der Waals surface area contributed by atoms with E-state index in [-0.39, 0.29) is 6.61 Å².